The zero-order valence-electron chi connectivity index (χ0n) is 9.42. The Balaban J connectivity index is 2.20. The smallest absolute Gasteiger partial charge is 0.262 e. The van der Waals surface area contributed by atoms with Crippen LogP contribution in [0.25, 0.3) is 6.08 Å². The van der Waals surface area contributed by atoms with Crippen LogP contribution < -0.4 is 10.9 Å². The third-order valence-electron chi connectivity index (χ3n) is 2.60. The monoisotopic (exact) mass is 216 g/mol. The summed E-state index contributed by atoms with van der Waals surface area (Å²) >= 11 is 0. The van der Waals surface area contributed by atoms with Crippen molar-refractivity contribution in [3.05, 3.63) is 41.0 Å². The van der Waals surface area contributed by atoms with Gasteiger partial charge in [0, 0.05) is 12.1 Å². The highest BCUT2D eigenvalue weighted by atomic mass is 16.2. The lowest BCUT2D eigenvalue weighted by Gasteiger charge is -2.00. The van der Waals surface area contributed by atoms with Gasteiger partial charge in [-0.3, -0.25) is 10.2 Å². The third-order valence-corrected chi connectivity index (χ3v) is 2.60. The molecular weight excluding hydrogens is 200 g/mol. The van der Waals surface area contributed by atoms with E-state index in [4.69, 9.17) is 0 Å². The molecule has 1 heterocycles. The van der Waals surface area contributed by atoms with Gasteiger partial charge in [-0.05, 0) is 23.6 Å². The number of carbonyl (C=O) groups excluding carboxylic acids is 1. The number of hydrogen-bond donors (Lipinski definition) is 2. The summed E-state index contributed by atoms with van der Waals surface area (Å²) in [5.41, 5.74) is 8.59. The predicted octanol–water partition coefficient (Wildman–Crippen LogP) is 1.66. The molecule has 0 spiro atoms. The molecule has 1 aliphatic heterocycles. The molecule has 0 aliphatic carbocycles. The van der Waals surface area contributed by atoms with Gasteiger partial charge < -0.3 is 0 Å². The number of hydrogen-bond acceptors (Lipinski definition) is 2. The van der Waals surface area contributed by atoms with Crippen LogP contribution in [0.3, 0.4) is 0 Å². The summed E-state index contributed by atoms with van der Waals surface area (Å²) in [6, 6.07) is 8.33. The van der Waals surface area contributed by atoms with Gasteiger partial charge in [0.25, 0.3) is 5.91 Å². The van der Waals surface area contributed by atoms with E-state index >= 15 is 0 Å². The Morgan fingerprint density at radius 1 is 1.44 bits per heavy atom. The summed E-state index contributed by atoms with van der Waals surface area (Å²) in [5, 5.41) is 0. The molecule has 1 fully saturated rings. The number of amides is 1. The van der Waals surface area contributed by atoms with Gasteiger partial charge in [-0.2, -0.15) is 0 Å². The molecule has 1 aromatic rings. The van der Waals surface area contributed by atoms with Crippen LogP contribution in [-0.4, -0.2) is 12.5 Å². The van der Waals surface area contributed by atoms with Gasteiger partial charge in [-0.15, -0.1) is 0 Å². The lowest BCUT2D eigenvalue weighted by Crippen LogP contribution is -2.25. The fourth-order valence-electron chi connectivity index (χ4n) is 1.83. The molecule has 1 aliphatic rings. The van der Waals surface area contributed by atoms with Gasteiger partial charge in [0.2, 0.25) is 0 Å². The minimum absolute atomic E-state index is 0.0269. The summed E-state index contributed by atoms with van der Waals surface area (Å²) in [4.78, 5) is 11.3. The Hall–Kier alpha value is -1.61. The number of rotatable bonds is 3. The molecule has 0 unspecified atom stereocenters. The van der Waals surface area contributed by atoms with Crippen LogP contribution in [-0.2, 0) is 11.2 Å². The maximum absolute atomic E-state index is 11.3. The standard InChI is InChI=1S/C13H16N2O/c1-2-4-10-5-3-6-11(7-10)8-12-9-14-15-13(12)16/h3,5-8,14H,2,4,9H2,1H3,(H,15,16)/b12-8+. The normalized spacial score (nSPS) is 17.8. The number of aryl methyl sites for hydroxylation is 1. The van der Waals surface area contributed by atoms with Gasteiger partial charge in [0.15, 0.2) is 0 Å². The van der Waals surface area contributed by atoms with Crippen molar-refractivity contribution in [2.75, 3.05) is 6.54 Å². The van der Waals surface area contributed by atoms with E-state index in [0.717, 1.165) is 24.0 Å². The summed E-state index contributed by atoms with van der Waals surface area (Å²) in [7, 11) is 0. The summed E-state index contributed by atoms with van der Waals surface area (Å²) in [6.45, 7) is 2.76. The van der Waals surface area contributed by atoms with E-state index in [1.807, 2.05) is 18.2 Å². The molecule has 16 heavy (non-hydrogen) atoms. The second kappa shape index (κ2) is 4.94. The molecule has 2 N–H and O–H groups in total. The summed E-state index contributed by atoms with van der Waals surface area (Å²) in [6.07, 6.45) is 4.16. The lowest BCUT2D eigenvalue weighted by molar-refractivity contribution is -0.116. The molecule has 0 aromatic heterocycles. The summed E-state index contributed by atoms with van der Waals surface area (Å²) in [5.74, 6) is -0.0269. The Morgan fingerprint density at radius 3 is 3.00 bits per heavy atom. The maximum Gasteiger partial charge on any atom is 0.262 e. The Bertz CT molecular complexity index is 424. The van der Waals surface area contributed by atoms with Gasteiger partial charge in [0.1, 0.15) is 0 Å². The van der Waals surface area contributed by atoms with Crippen LogP contribution in [0.1, 0.15) is 24.5 Å². The molecule has 3 heteroatoms. The minimum Gasteiger partial charge on any atom is -0.287 e. The van der Waals surface area contributed by atoms with E-state index in [1.165, 1.54) is 5.56 Å². The molecule has 1 aromatic carbocycles. The quantitative estimate of drug-likeness (QED) is 0.754. The fraction of sp³-hybridized carbons (Fsp3) is 0.308. The SMILES string of the molecule is CCCc1cccc(/C=C2\CNNC2=O)c1. The van der Waals surface area contributed by atoms with E-state index < -0.39 is 0 Å². The van der Waals surface area contributed by atoms with Crippen LogP contribution in [0, 0.1) is 0 Å². The first-order chi connectivity index (χ1) is 7.79. The minimum atomic E-state index is -0.0269. The molecule has 2 rings (SSSR count). The predicted molar refractivity (Wildman–Crippen MR) is 64.6 cm³/mol. The highest BCUT2D eigenvalue weighted by Gasteiger charge is 2.14. The Labute approximate surface area is 95.5 Å². The molecule has 3 nitrogen and oxygen atoms in total. The van der Waals surface area contributed by atoms with Crippen molar-refractivity contribution in [3.63, 3.8) is 0 Å². The van der Waals surface area contributed by atoms with Crippen molar-refractivity contribution in [1.82, 2.24) is 10.9 Å². The zero-order chi connectivity index (χ0) is 11.4. The molecule has 0 radical (unpaired) electrons. The molecule has 84 valence electrons. The van der Waals surface area contributed by atoms with Crippen molar-refractivity contribution in [2.45, 2.75) is 19.8 Å². The topological polar surface area (TPSA) is 41.1 Å². The average molecular weight is 216 g/mol. The number of hydrazine groups is 1. The van der Waals surface area contributed by atoms with Crippen LogP contribution in [0.2, 0.25) is 0 Å². The highest BCUT2D eigenvalue weighted by Crippen LogP contribution is 2.12. The number of benzene rings is 1. The van der Waals surface area contributed by atoms with E-state index in [9.17, 15) is 4.79 Å². The van der Waals surface area contributed by atoms with Gasteiger partial charge in [-0.1, -0.05) is 37.6 Å². The maximum atomic E-state index is 11.3. The first-order valence-corrected chi connectivity index (χ1v) is 5.62. The summed E-state index contributed by atoms with van der Waals surface area (Å²) < 4.78 is 0. The van der Waals surface area contributed by atoms with Crippen molar-refractivity contribution >= 4 is 12.0 Å². The molecule has 0 bridgehead atoms. The molecule has 1 amide bonds. The van der Waals surface area contributed by atoms with Crippen molar-refractivity contribution in [2.24, 2.45) is 0 Å². The number of carbonyl (C=O) groups is 1. The molecule has 0 atom stereocenters. The van der Waals surface area contributed by atoms with Crippen molar-refractivity contribution in [1.29, 1.82) is 0 Å². The first kappa shape index (κ1) is 10.9. The van der Waals surface area contributed by atoms with Gasteiger partial charge >= 0.3 is 0 Å². The highest BCUT2D eigenvalue weighted by molar-refractivity contribution is 5.99. The Kier molecular flexibility index (Phi) is 3.37. The van der Waals surface area contributed by atoms with Crippen LogP contribution in [0.15, 0.2) is 29.8 Å². The average Bonchev–Trinajstić information content (AvgIpc) is 2.66. The van der Waals surface area contributed by atoms with Gasteiger partial charge in [0.05, 0.1) is 0 Å². The molecule has 1 saturated heterocycles. The van der Waals surface area contributed by atoms with Crippen LogP contribution in [0.4, 0.5) is 0 Å². The van der Waals surface area contributed by atoms with E-state index in [0.29, 0.717) is 6.54 Å². The largest absolute Gasteiger partial charge is 0.287 e. The zero-order valence-corrected chi connectivity index (χ0v) is 9.42. The van der Waals surface area contributed by atoms with E-state index in [2.05, 4.69) is 29.9 Å². The molecule has 0 saturated carbocycles. The first-order valence-electron chi connectivity index (χ1n) is 5.62. The molecular formula is C13H16N2O. The van der Waals surface area contributed by atoms with Crippen LogP contribution >= 0.6 is 0 Å². The van der Waals surface area contributed by atoms with Crippen molar-refractivity contribution in [3.8, 4) is 0 Å². The van der Waals surface area contributed by atoms with E-state index in [1.54, 1.807) is 0 Å². The van der Waals surface area contributed by atoms with Crippen LogP contribution in [0.5, 0.6) is 0 Å². The Morgan fingerprint density at radius 2 is 2.31 bits per heavy atom. The van der Waals surface area contributed by atoms with Crippen molar-refractivity contribution < 1.29 is 4.79 Å². The van der Waals surface area contributed by atoms with E-state index in [-0.39, 0.29) is 5.91 Å². The second-order valence-corrected chi connectivity index (χ2v) is 3.97. The second-order valence-electron chi connectivity index (χ2n) is 3.97. The number of nitrogens with one attached hydrogen (secondary N) is 2. The lowest BCUT2D eigenvalue weighted by atomic mass is 10.0. The third kappa shape index (κ3) is 2.49. The fourth-order valence-corrected chi connectivity index (χ4v) is 1.83. The van der Waals surface area contributed by atoms with Gasteiger partial charge in [-0.25, -0.2) is 5.43 Å².